The summed E-state index contributed by atoms with van der Waals surface area (Å²) in [5.41, 5.74) is 1.55. The fourth-order valence-corrected chi connectivity index (χ4v) is 3.72. The maximum Gasteiger partial charge on any atom is 0.252 e. The number of thioether (sulfide) groups is 1. The zero-order valence-corrected chi connectivity index (χ0v) is 12.8. The van der Waals surface area contributed by atoms with Crippen LogP contribution in [0.2, 0.25) is 0 Å². The van der Waals surface area contributed by atoms with Crippen LogP contribution in [0.15, 0.2) is 24.4 Å². The molecular formula is C15H19N3O2S. The van der Waals surface area contributed by atoms with E-state index >= 15 is 0 Å². The van der Waals surface area contributed by atoms with E-state index in [1.54, 1.807) is 11.8 Å². The minimum atomic E-state index is -1.21. The molecule has 3 heterocycles. The van der Waals surface area contributed by atoms with Crippen molar-refractivity contribution in [2.75, 3.05) is 11.5 Å². The second-order valence-corrected chi connectivity index (χ2v) is 6.68. The first kappa shape index (κ1) is 14.4. The minimum absolute atomic E-state index is 0.281. The average Bonchev–Trinajstić information content (AvgIpc) is 2.90. The largest absolute Gasteiger partial charge is 0.380 e. The Hall–Kier alpha value is -1.53. The van der Waals surface area contributed by atoms with E-state index in [1.165, 1.54) is 0 Å². The summed E-state index contributed by atoms with van der Waals surface area (Å²) in [5.74, 6) is 1.38. The third-order valence-electron chi connectivity index (χ3n) is 3.92. The Bertz CT molecular complexity index is 662. The summed E-state index contributed by atoms with van der Waals surface area (Å²) in [6.07, 6.45) is 2.97. The van der Waals surface area contributed by atoms with Gasteiger partial charge in [0.15, 0.2) is 0 Å². The summed E-state index contributed by atoms with van der Waals surface area (Å²) in [6, 6.07) is 5.91. The lowest BCUT2D eigenvalue weighted by Crippen LogP contribution is -2.48. The topological polar surface area (TPSA) is 66.6 Å². The molecule has 0 spiro atoms. The van der Waals surface area contributed by atoms with E-state index in [9.17, 15) is 9.90 Å². The van der Waals surface area contributed by atoms with Gasteiger partial charge in [0, 0.05) is 11.9 Å². The fraction of sp³-hybridized carbons (Fsp3) is 0.467. The third kappa shape index (κ3) is 2.91. The maximum absolute atomic E-state index is 12.2. The Balaban J connectivity index is 1.68. The highest BCUT2D eigenvalue weighted by Gasteiger charge is 2.37. The Morgan fingerprint density at radius 3 is 2.95 bits per heavy atom. The number of hydrogen-bond acceptors (Lipinski definition) is 4. The lowest BCUT2D eigenvalue weighted by Gasteiger charge is -2.30. The molecule has 0 saturated carbocycles. The van der Waals surface area contributed by atoms with Crippen molar-refractivity contribution in [3.63, 3.8) is 0 Å². The van der Waals surface area contributed by atoms with Crippen LogP contribution in [0.5, 0.6) is 0 Å². The molecule has 21 heavy (non-hydrogen) atoms. The van der Waals surface area contributed by atoms with Gasteiger partial charge in [-0.1, -0.05) is 6.07 Å². The number of rotatable bonds is 3. The predicted molar refractivity (Wildman–Crippen MR) is 83.3 cm³/mol. The number of aryl methyl sites for hydroxylation is 1. The molecule has 0 aromatic carbocycles. The molecule has 1 aliphatic rings. The zero-order valence-electron chi connectivity index (χ0n) is 12.0. The van der Waals surface area contributed by atoms with Crippen molar-refractivity contribution < 1.29 is 9.90 Å². The molecule has 6 heteroatoms. The molecular weight excluding hydrogens is 286 g/mol. The summed E-state index contributed by atoms with van der Waals surface area (Å²) in [6.45, 7) is 2.36. The lowest BCUT2D eigenvalue weighted by molar-refractivity contribution is -0.140. The summed E-state index contributed by atoms with van der Waals surface area (Å²) in [5, 5.41) is 13.2. The van der Waals surface area contributed by atoms with Gasteiger partial charge in [-0.25, -0.2) is 4.98 Å². The number of amides is 1. The molecule has 1 aliphatic heterocycles. The molecule has 2 N–H and O–H groups in total. The Morgan fingerprint density at radius 2 is 2.24 bits per heavy atom. The van der Waals surface area contributed by atoms with Crippen molar-refractivity contribution in [1.82, 2.24) is 14.7 Å². The second-order valence-electron chi connectivity index (χ2n) is 5.45. The summed E-state index contributed by atoms with van der Waals surface area (Å²) in [4.78, 5) is 16.6. The van der Waals surface area contributed by atoms with E-state index in [0.717, 1.165) is 28.5 Å². The number of carbonyl (C=O) groups excluding carboxylic acids is 1. The van der Waals surface area contributed by atoms with E-state index in [0.29, 0.717) is 19.4 Å². The quantitative estimate of drug-likeness (QED) is 0.902. The normalized spacial score (nSPS) is 17.8. The van der Waals surface area contributed by atoms with Crippen LogP contribution in [0.1, 0.15) is 24.2 Å². The predicted octanol–water partition coefficient (Wildman–Crippen LogP) is 1.52. The molecule has 0 bridgehead atoms. The minimum Gasteiger partial charge on any atom is -0.380 e. The number of carbonyl (C=O) groups is 1. The summed E-state index contributed by atoms with van der Waals surface area (Å²) >= 11 is 1.78. The van der Waals surface area contributed by atoms with E-state index in [-0.39, 0.29) is 5.91 Å². The Kier molecular flexibility index (Phi) is 3.91. The maximum atomic E-state index is 12.2. The van der Waals surface area contributed by atoms with E-state index in [4.69, 9.17) is 0 Å². The molecule has 2 aromatic rings. The molecule has 0 radical (unpaired) electrons. The molecule has 1 fully saturated rings. The number of aromatic nitrogens is 2. The first-order valence-corrected chi connectivity index (χ1v) is 8.26. The summed E-state index contributed by atoms with van der Waals surface area (Å²) < 4.78 is 1.99. The number of pyridine rings is 1. The fourth-order valence-electron chi connectivity index (χ4n) is 2.56. The Labute approximate surface area is 127 Å². The van der Waals surface area contributed by atoms with Gasteiger partial charge in [0.1, 0.15) is 11.2 Å². The first-order chi connectivity index (χ1) is 10.1. The van der Waals surface area contributed by atoms with Gasteiger partial charge in [-0.3, -0.25) is 4.79 Å². The van der Waals surface area contributed by atoms with Crippen LogP contribution >= 0.6 is 11.8 Å². The van der Waals surface area contributed by atoms with Crippen LogP contribution in [-0.2, 0) is 11.3 Å². The van der Waals surface area contributed by atoms with Crippen molar-refractivity contribution in [3.05, 3.63) is 35.8 Å². The number of nitrogens with one attached hydrogen (secondary N) is 1. The van der Waals surface area contributed by atoms with Crippen LogP contribution in [0, 0.1) is 6.92 Å². The average molecular weight is 305 g/mol. The van der Waals surface area contributed by atoms with E-state index in [1.807, 2.05) is 35.7 Å². The van der Waals surface area contributed by atoms with Gasteiger partial charge in [-0.2, -0.15) is 11.8 Å². The van der Waals surface area contributed by atoms with Crippen molar-refractivity contribution >= 4 is 23.3 Å². The second kappa shape index (κ2) is 5.69. The summed E-state index contributed by atoms with van der Waals surface area (Å²) in [7, 11) is 0. The van der Waals surface area contributed by atoms with E-state index < -0.39 is 5.60 Å². The van der Waals surface area contributed by atoms with Crippen LogP contribution < -0.4 is 5.32 Å². The molecule has 112 valence electrons. The zero-order chi connectivity index (χ0) is 14.9. The van der Waals surface area contributed by atoms with Gasteiger partial charge in [-0.15, -0.1) is 0 Å². The highest BCUT2D eigenvalue weighted by molar-refractivity contribution is 7.99. The monoisotopic (exact) mass is 305 g/mol. The Morgan fingerprint density at radius 1 is 1.48 bits per heavy atom. The van der Waals surface area contributed by atoms with Gasteiger partial charge in [0.25, 0.3) is 5.91 Å². The molecule has 5 nitrogen and oxygen atoms in total. The number of nitrogens with zero attached hydrogens (tertiary/aromatic N) is 2. The SMILES string of the molecule is Cc1cccc2nc(CNC(=O)C3(O)CCSCC3)cn12. The lowest BCUT2D eigenvalue weighted by atomic mass is 9.96. The van der Waals surface area contributed by atoms with Crippen LogP contribution in [0.4, 0.5) is 0 Å². The first-order valence-electron chi connectivity index (χ1n) is 7.10. The molecule has 3 rings (SSSR count). The van der Waals surface area contributed by atoms with Crippen LogP contribution in [0.3, 0.4) is 0 Å². The van der Waals surface area contributed by atoms with E-state index in [2.05, 4.69) is 10.3 Å². The van der Waals surface area contributed by atoms with Gasteiger partial charge in [0.05, 0.1) is 12.2 Å². The standard InChI is InChI=1S/C15H19N3O2S/c1-11-3-2-4-13-17-12(10-18(11)13)9-16-14(19)15(20)5-7-21-8-6-15/h2-4,10,20H,5-9H2,1H3,(H,16,19). The molecule has 0 atom stereocenters. The number of fused-ring (bicyclic) bond motifs is 1. The molecule has 0 aliphatic carbocycles. The molecule has 2 aromatic heterocycles. The van der Waals surface area contributed by atoms with Crippen molar-refractivity contribution in [1.29, 1.82) is 0 Å². The smallest absolute Gasteiger partial charge is 0.252 e. The number of hydrogen-bond donors (Lipinski definition) is 2. The van der Waals surface area contributed by atoms with Crippen molar-refractivity contribution in [3.8, 4) is 0 Å². The highest BCUT2D eigenvalue weighted by atomic mass is 32.2. The van der Waals surface area contributed by atoms with Gasteiger partial charge < -0.3 is 14.8 Å². The highest BCUT2D eigenvalue weighted by Crippen LogP contribution is 2.27. The van der Waals surface area contributed by atoms with Gasteiger partial charge >= 0.3 is 0 Å². The molecule has 0 unspecified atom stereocenters. The van der Waals surface area contributed by atoms with Gasteiger partial charge in [-0.05, 0) is 43.4 Å². The molecule has 1 saturated heterocycles. The third-order valence-corrected chi connectivity index (χ3v) is 4.90. The van der Waals surface area contributed by atoms with Gasteiger partial charge in [0.2, 0.25) is 0 Å². The van der Waals surface area contributed by atoms with Crippen molar-refractivity contribution in [2.24, 2.45) is 0 Å². The van der Waals surface area contributed by atoms with Crippen LogP contribution in [0.25, 0.3) is 5.65 Å². The number of aliphatic hydroxyl groups is 1. The van der Waals surface area contributed by atoms with Crippen molar-refractivity contribution in [2.45, 2.75) is 31.9 Å². The molecule has 1 amide bonds. The number of imidazole rings is 1. The van der Waals surface area contributed by atoms with Crippen LogP contribution in [-0.4, -0.2) is 37.5 Å².